The normalized spacial score (nSPS) is 10.3. The van der Waals surface area contributed by atoms with Gasteiger partial charge in [-0.15, -0.1) is 0 Å². The van der Waals surface area contributed by atoms with Gasteiger partial charge in [-0.25, -0.2) is 0 Å². The van der Waals surface area contributed by atoms with Crippen LogP contribution in [-0.2, 0) is 9.59 Å². The minimum Gasteiger partial charge on any atom is -0.318 e. The zero-order valence-corrected chi connectivity index (χ0v) is 13.9. The average Bonchev–Trinajstić information content (AvgIpc) is 2.55. The first-order valence-electron chi connectivity index (χ1n) is 7.70. The van der Waals surface area contributed by atoms with E-state index in [0.29, 0.717) is 16.9 Å². The molecule has 0 heterocycles. The molecule has 0 atom stereocenters. The van der Waals surface area contributed by atoms with Gasteiger partial charge in [-0.3, -0.25) is 14.4 Å². The van der Waals surface area contributed by atoms with Crippen LogP contribution in [0.1, 0.15) is 42.6 Å². The fraction of sp³-hybridized carbons (Fsp3) is 0.211. The van der Waals surface area contributed by atoms with E-state index in [0.717, 1.165) is 5.56 Å². The second-order valence-electron chi connectivity index (χ2n) is 5.78. The van der Waals surface area contributed by atoms with Crippen LogP contribution in [0.5, 0.6) is 0 Å². The number of anilines is 2. The van der Waals surface area contributed by atoms with Crippen molar-refractivity contribution in [2.45, 2.75) is 26.7 Å². The van der Waals surface area contributed by atoms with Crippen LogP contribution in [0.4, 0.5) is 11.4 Å². The first-order valence-corrected chi connectivity index (χ1v) is 7.70. The number of hydrogen-bond donors (Lipinski definition) is 2. The highest BCUT2D eigenvalue weighted by Gasteiger charge is 2.16. The molecule has 5 nitrogen and oxygen atoms in total. The van der Waals surface area contributed by atoms with E-state index in [9.17, 15) is 14.4 Å². The number of rotatable bonds is 4. The van der Waals surface area contributed by atoms with Crippen LogP contribution in [0, 0.1) is 0 Å². The number of carbonyl (C=O) groups excluding carboxylic acids is 3. The molecule has 24 heavy (non-hydrogen) atoms. The molecule has 0 aliphatic rings. The maximum absolute atomic E-state index is 12.1. The lowest BCUT2D eigenvalue weighted by Crippen LogP contribution is -2.29. The first kappa shape index (κ1) is 17.4. The van der Waals surface area contributed by atoms with Crippen LogP contribution in [-0.4, -0.2) is 17.6 Å². The maximum Gasteiger partial charge on any atom is 0.314 e. The van der Waals surface area contributed by atoms with E-state index in [1.807, 2.05) is 26.0 Å². The van der Waals surface area contributed by atoms with Gasteiger partial charge in [0, 0.05) is 16.9 Å². The van der Waals surface area contributed by atoms with Crippen molar-refractivity contribution in [3.8, 4) is 0 Å². The Bertz CT molecular complexity index is 764. The molecule has 0 fully saturated rings. The molecule has 0 aromatic heterocycles. The topological polar surface area (TPSA) is 75.3 Å². The second-order valence-corrected chi connectivity index (χ2v) is 5.78. The van der Waals surface area contributed by atoms with Gasteiger partial charge in [0.2, 0.25) is 0 Å². The fourth-order valence-electron chi connectivity index (χ4n) is 2.27. The lowest BCUT2D eigenvalue weighted by molar-refractivity contribution is -0.133. The quantitative estimate of drug-likeness (QED) is 0.666. The van der Waals surface area contributed by atoms with E-state index >= 15 is 0 Å². The number of ketones is 1. The molecule has 2 aromatic rings. The van der Waals surface area contributed by atoms with E-state index in [1.54, 1.807) is 36.4 Å². The van der Waals surface area contributed by atoms with Gasteiger partial charge in [0.15, 0.2) is 5.78 Å². The summed E-state index contributed by atoms with van der Waals surface area (Å²) in [5.74, 6) is -1.33. The molecule has 0 radical (unpaired) electrons. The Morgan fingerprint density at radius 3 is 2.00 bits per heavy atom. The Morgan fingerprint density at radius 2 is 1.42 bits per heavy atom. The van der Waals surface area contributed by atoms with Crippen molar-refractivity contribution in [2.75, 3.05) is 10.6 Å². The maximum atomic E-state index is 12.1. The number of para-hydroxylation sites is 1. The zero-order valence-electron chi connectivity index (χ0n) is 13.9. The smallest absolute Gasteiger partial charge is 0.314 e. The summed E-state index contributed by atoms with van der Waals surface area (Å²) in [5.41, 5.74) is 2.59. The van der Waals surface area contributed by atoms with Gasteiger partial charge in [0.25, 0.3) is 0 Å². The molecular formula is C19H20N2O3. The van der Waals surface area contributed by atoms with Gasteiger partial charge in [0.1, 0.15) is 0 Å². The van der Waals surface area contributed by atoms with Crippen LogP contribution in [0.15, 0.2) is 48.5 Å². The van der Waals surface area contributed by atoms with Crippen molar-refractivity contribution in [3.63, 3.8) is 0 Å². The third-order valence-electron chi connectivity index (χ3n) is 3.59. The van der Waals surface area contributed by atoms with Crippen molar-refractivity contribution in [3.05, 3.63) is 59.7 Å². The average molecular weight is 324 g/mol. The van der Waals surface area contributed by atoms with Crippen LogP contribution in [0.25, 0.3) is 0 Å². The molecular weight excluding hydrogens is 304 g/mol. The Morgan fingerprint density at radius 1 is 0.833 bits per heavy atom. The lowest BCUT2D eigenvalue weighted by atomic mass is 10.0. The van der Waals surface area contributed by atoms with Crippen LogP contribution in [0.2, 0.25) is 0 Å². The molecule has 124 valence electrons. The zero-order chi connectivity index (χ0) is 17.7. The highest BCUT2D eigenvalue weighted by atomic mass is 16.2. The molecule has 2 N–H and O–H groups in total. The minimum absolute atomic E-state index is 0.0593. The molecule has 5 heteroatoms. The van der Waals surface area contributed by atoms with Crippen LogP contribution >= 0.6 is 0 Å². The van der Waals surface area contributed by atoms with Crippen molar-refractivity contribution in [1.29, 1.82) is 0 Å². The molecule has 2 amide bonds. The largest absolute Gasteiger partial charge is 0.318 e. The van der Waals surface area contributed by atoms with Crippen molar-refractivity contribution in [1.82, 2.24) is 0 Å². The molecule has 0 aliphatic heterocycles. The van der Waals surface area contributed by atoms with E-state index < -0.39 is 11.8 Å². The molecule has 2 aromatic carbocycles. The second kappa shape index (κ2) is 7.55. The summed E-state index contributed by atoms with van der Waals surface area (Å²) in [7, 11) is 0. The molecule has 2 rings (SSSR count). The van der Waals surface area contributed by atoms with E-state index in [-0.39, 0.29) is 11.7 Å². The molecule has 0 saturated carbocycles. The Kier molecular flexibility index (Phi) is 5.47. The predicted octanol–water partition coefficient (Wildman–Crippen LogP) is 3.59. The summed E-state index contributed by atoms with van der Waals surface area (Å²) in [6, 6.07) is 13.8. The number of Topliss-reactive ketones (excluding diaryl/α,β-unsaturated/α-hetero) is 1. The number of nitrogens with one attached hydrogen (secondary N) is 2. The van der Waals surface area contributed by atoms with Gasteiger partial charge in [0.05, 0.1) is 0 Å². The van der Waals surface area contributed by atoms with Gasteiger partial charge < -0.3 is 10.6 Å². The van der Waals surface area contributed by atoms with E-state index in [2.05, 4.69) is 10.6 Å². The summed E-state index contributed by atoms with van der Waals surface area (Å²) in [6.07, 6.45) is 0. The van der Waals surface area contributed by atoms with E-state index in [1.165, 1.54) is 6.92 Å². The van der Waals surface area contributed by atoms with Crippen molar-refractivity contribution < 1.29 is 14.4 Å². The SMILES string of the molecule is CC(=O)c1ccc(NC(=O)C(=O)Nc2ccccc2C(C)C)cc1. The highest BCUT2D eigenvalue weighted by molar-refractivity contribution is 6.43. The summed E-state index contributed by atoms with van der Waals surface area (Å²) >= 11 is 0. The van der Waals surface area contributed by atoms with Gasteiger partial charge in [-0.2, -0.15) is 0 Å². The summed E-state index contributed by atoms with van der Waals surface area (Å²) < 4.78 is 0. The fourth-order valence-corrected chi connectivity index (χ4v) is 2.27. The molecule has 0 aliphatic carbocycles. The predicted molar refractivity (Wildman–Crippen MR) is 94.2 cm³/mol. The third-order valence-corrected chi connectivity index (χ3v) is 3.59. The minimum atomic E-state index is -0.760. The van der Waals surface area contributed by atoms with E-state index in [4.69, 9.17) is 0 Å². The third kappa shape index (κ3) is 4.29. The van der Waals surface area contributed by atoms with Crippen LogP contribution in [0.3, 0.4) is 0 Å². The standard InChI is InChI=1S/C19H20N2O3/c1-12(2)16-6-4-5-7-17(16)21-19(24)18(23)20-15-10-8-14(9-11-15)13(3)22/h4-12H,1-3H3,(H,20,23)(H,21,24). The molecule has 0 saturated heterocycles. The Hall–Kier alpha value is -2.95. The van der Waals surface area contributed by atoms with Gasteiger partial charge in [-0.1, -0.05) is 32.0 Å². The Balaban J connectivity index is 2.05. The summed E-state index contributed by atoms with van der Waals surface area (Å²) in [4.78, 5) is 35.3. The molecule has 0 unspecified atom stereocenters. The van der Waals surface area contributed by atoms with Gasteiger partial charge >= 0.3 is 11.8 Å². The van der Waals surface area contributed by atoms with Crippen molar-refractivity contribution >= 4 is 29.0 Å². The molecule has 0 spiro atoms. The summed E-state index contributed by atoms with van der Waals surface area (Å²) in [6.45, 7) is 5.50. The lowest BCUT2D eigenvalue weighted by Gasteiger charge is -2.13. The highest BCUT2D eigenvalue weighted by Crippen LogP contribution is 2.23. The Labute approximate surface area is 141 Å². The number of hydrogen-bond acceptors (Lipinski definition) is 3. The van der Waals surface area contributed by atoms with Crippen molar-refractivity contribution in [2.24, 2.45) is 0 Å². The summed E-state index contributed by atoms with van der Waals surface area (Å²) in [5, 5.41) is 5.15. The van der Waals surface area contributed by atoms with Crippen LogP contribution < -0.4 is 10.6 Å². The van der Waals surface area contributed by atoms with Gasteiger partial charge in [-0.05, 0) is 48.7 Å². The first-order chi connectivity index (χ1) is 11.4. The number of carbonyl (C=O) groups is 3. The number of benzene rings is 2. The monoisotopic (exact) mass is 324 g/mol. The molecule has 0 bridgehead atoms. The number of amides is 2.